The van der Waals surface area contributed by atoms with E-state index in [1.807, 2.05) is 86.8 Å². The number of carbonyl (C=O) groups excluding carboxylic acids is 2. The molecule has 31 heavy (non-hydrogen) atoms. The van der Waals surface area contributed by atoms with Crippen LogP contribution in [0.1, 0.15) is 24.5 Å². The fourth-order valence-corrected chi connectivity index (χ4v) is 4.24. The topological polar surface area (TPSA) is 40.6 Å². The van der Waals surface area contributed by atoms with Crippen molar-refractivity contribution in [2.45, 2.75) is 31.8 Å². The molecule has 2 amide bonds. The first-order valence-corrected chi connectivity index (χ1v) is 10.7. The highest BCUT2D eigenvalue weighted by Crippen LogP contribution is 2.33. The zero-order chi connectivity index (χ0) is 21.8. The molecule has 3 aromatic rings. The molecule has 4 heteroatoms. The number of likely N-dealkylation sites (N-methyl/N-ethyl adjacent to an activating group) is 1. The van der Waals surface area contributed by atoms with Crippen molar-refractivity contribution in [2.24, 2.45) is 0 Å². The predicted octanol–water partition coefficient (Wildman–Crippen LogP) is 4.55. The third-order valence-corrected chi connectivity index (χ3v) is 6.21. The molecule has 0 N–H and O–H groups in total. The molecule has 0 spiro atoms. The van der Waals surface area contributed by atoms with Gasteiger partial charge >= 0.3 is 0 Å². The quantitative estimate of drug-likeness (QED) is 0.596. The summed E-state index contributed by atoms with van der Waals surface area (Å²) in [6.07, 6.45) is 1.00. The predicted molar refractivity (Wildman–Crippen MR) is 123 cm³/mol. The number of rotatable bonds is 6. The third-order valence-electron chi connectivity index (χ3n) is 6.21. The lowest BCUT2D eigenvalue weighted by Gasteiger charge is -2.50. The van der Waals surface area contributed by atoms with E-state index in [1.165, 1.54) is 0 Å². The second-order valence-corrected chi connectivity index (χ2v) is 8.46. The van der Waals surface area contributed by atoms with Gasteiger partial charge in [0.1, 0.15) is 5.54 Å². The van der Waals surface area contributed by atoms with Gasteiger partial charge in [0.15, 0.2) is 0 Å². The summed E-state index contributed by atoms with van der Waals surface area (Å²) in [7, 11) is 1.81. The zero-order valence-corrected chi connectivity index (χ0v) is 18.1. The molecular weight excluding hydrogens is 384 g/mol. The van der Waals surface area contributed by atoms with E-state index in [1.54, 1.807) is 9.80 Å². The Labute approximate surface area is 184 Å². The lowest BCUT2D eigenvalue weighted by atomic mass is 9.84. The Hall–Kier alpha value is -3.40. The van der Waals surface area contributed by atoms with Crippen LogP contribution in [0.2, 0.25) is 0 Å². The van der Waals surface area contributed by atoms with Gasteiger partial charge < -0.3 is 9.80 Å². The van der Waals surface area contributed by atoms with E-state index in [4.69, 9.17) is 0 Å². The van der Waals surface area contributed by atoms with E-state index < -0.39 is 5.54 Å². The molecule has 4 nitrogen and oxygen atoms in total. The first kappa shape index (κ1) is 20.9. The molecule has 1 aliphatic heterocycles. The lowest BCUT2D eigenvalue weighted by molar-refractivity contribution is -0.163. The summed E-state index contributed by atoms with van der Waals surface area (Å²) in [5.74, 6) is -0.00180. The lowest BCUT2D eigenvalue weighted by Crippen LogP contribution is -2.67. The first-order chi connectivity index (χ1) is 15.0. The van der Waals surface area contributed by atoms with Gasteiger partial charge in [0, 0.05) is 20.1 Å². The van der Waals surface area contributed by atoms with Crippen molar-refractivity contribution in [3.63, 3.8) is 0 Å². The highest BCUT2D eigenvalue weighted by molar-refractivity contribution is 5.93. The molecular formula is C27H28N2O2. The van der Waals surface area contributed by atoms with Crippen LogP contribution >= 0.6 is 0 Å². The van der Waals surface area contributed by atoms with Gasteiger partial charge in [-0.15, -0.1) is 0 Å². The number of nitrogens with zero attached hydrogens (tertiary/aromatic N) is 2. The SMILES string of the molecule is CN(Cc1ccccc1)C(=O)C1(C)CCN1C(=O)Cc1ccc(-c2ccccc2)cc1. The van der Waals surface area contributed by atoms with Crippen molar-refractivity contribution in [3.8, 4) is 11.1 Å². The van der Waals surface area contributed by atoms with Crippen molar-refractivity contribution in [1.29, 1.82) is 0 Å². The largest absolute Gasteiger partial charge is 0.339 e. The van der Waals surface area contributed by atoms with Crippen molar-refractivity contribution < 1.29 is 9.59 Å². The number of hydrogen-bond acceptors (Lipinski definition) is 2. The van der Waals surface area contributed by atoms with Gasteiger partial charge in [0.2, 0.25) is 11.8 Å². The molecule has 0 bridgehead atoms. The molecule has 1 saturated heterocycles. The molecule has 4 rings (SSSR count). The molecule has 158 valence electrons. The van der Waals surface area contributed by atoms with Crippen molar-refractivity contribution in [2.75, 3.05) is 13.6 Å². The van der Waals surface area contributed by atoms with Crippen LogP contribution in [-0.2, 0) is 22.6 Å². The Bertz CT molecular complexity index is 1050. The fourth-order valence-electron chi connectivity index (χ4n) is 4.24. The normalized spacial score (nSPS) is 17.7. The van der Waals surface area contributed by atoms with E-state index in [0.29, 0.717) is 25.9 Å². The minimum absolute atomic E-state index is 0.00247. The Morgan fingerprint density at radius 2 is 1.42 bits per heavy atom. The first-order valence-electron chi connectivity index (χ1n) is 10.7. The van der Waals surface area contributed by atoms with Crippen LogP contribution in [0, 0.1) is 0 Å². The van der Waals surface area contributed by atoms with Gasteiger partial charge in [-0.25, -0.2) is 0 Å². The third kappa shape index (κ3) is 4.38. The van der Waals surface area contributed by atoms with Crippen LogP contribution in [0.15, 0.2) is 84.9 Å². The molecule has 1 heterocycles. The van der Waals surface area contributed by atoms with Gasteiger partial charge in [-0.05, 0) is 35.6 Å². The summed E-state index contributed by atoms with van der Waals surface area (Å²) in [5.41, 5.74) is 3.57. The summed E-state index contributed by atoms with van der Waals surface area (Å²) in [6, 6.07) is 28.2. The number of likely N-dealkylation sites (tertiary alicyclic amines) is 1. The van der Waals surface area contributed by atoms with E-state index in [2.05, 4.69) is 12.1 Å². The molecule has 0 saturated carbocycles. The molecule has 0 aliphatic carbocycles. The van der Waals surface area contributed by atoms with Crippen LogP contribution in [0.5, 0.6) is 0 Å². The average Bonchev–Trinajstić information content (AvgIpc) is 2.79. The Morgan fingerprint density at radius 1 is 0.839 bits per heavy atom. The van der Waals surface area contributed by atoms with E-state index >= 15 is 0 Å². The van der Waals surface area contributed by atoms with Crippen LogP contribution in [0.3, 0.4) is 0 Å². The molecule has 1 aliphatic rings. The Kier molecular flexibility index (Phi) is 5.90. The Balaban J connectivity index is 1.40. The summed E-state index contributed by atoms with van der Waals surface area (Å²) in [5, 5.41) is 0. The van der Waals surface area contributed by atoms with Gasteiger partial charge in [-0.3, -0.25) is 9.59 Å². The van der Waals surface area contributed by atoms with Crippen molar-refractivity contribution >= 4 is 11.8 Å². The molecule has 3 aromatic carbocycles. The fraction of sp³-hybridized carbons (Fsp3) is 0.259. The number of amides is 2. The van der Waals surface area contributed by atoms with E-state index in [9.17, 15) is 9.59 Å². The van der Waals surface area contributed by atoms with Crippen LogP contribution in [0.4, 0.5) is 0 Å². The second kappa shape index (κ2) is 8.76. The molecule has 1 fully saturated rings. The monoisotopic (exact) mass is 412 g/mol. The minimum Gasteiger partial charge on any atom is -0.339 e. The molecule has 0 radical (unpaired) electrons. The summed E-state index contributed by atoms with van der Waals surface area (Å²) in [6.45, 7) is 3.05. The summed E-state index contributed by atoms with van der Waals surface area (Å²) in [4.78, 5) is 29.6. The van der Waals surface area contributed by atoms with Crippen LogP contribution < -0.4 is 0 Å². The van der Waals surface area contributed by atoms with Crippen molar-refractivity contribution in [1.82, 2.24) is 9.80 Å². The maximum Gasteiger partial charge on any atom is 0.248 e. The minimum atomic E-state index is -0.759. The van der Waals surface area contributed by atoms with Gasteiger partial charge in [-0.2, -0.15) is 0 Å². The zero-order valence-electron chi connectivity index (χ0n) is 18.1. The summed E-state index contributed by atoms with van der Waals surface area (Å²) >= 11 is 0. The molecule has 1 unspecified atom stereocenters. The van der Waals surface area contributed by atoms with E-state index in [0.717, 1.165) is 22.3 Å². The second-order valence-electron chi connectivity index (χ2n) is 8.46. The maximum atomic E-state index is 13.2. The van der Waals surface area contributed by atoms with Gasteiger partial charge in [-0.1, -0.05) is 84.9 Å². The average molecular weight is 413 g/mol. The molecule has 1 atom stereocenters. The van der Waals surface area contributed by atoms with E-state index in [-0.39, 0.29) is 11.8 Å². The molecule has 0 aromatic heterocycles. The highest BCUT2D eigenvalue weighted by atomic mass is 16.2. The highest BCUT2D eigenvalue weighted by Gasteiger charge is 2.50. The standard InChI is InChI=1S/C27H28N2O2/c1-27(26(31)28(2)20-22-9-5-3-6-10-22)17-18-29(27)25(30)19-21-13-15-24(16-14-21)23-11-7-4-8-12-23/h3-16H,17-20H2,1-2H3. The van der Waals surface area contributed by atoms with Crippen molar-refractivity contribution in [3.05, 3.63) is 96.1 Å². The maximum absolute atomic E-state index is 13.2. The smallest absolute Gasteiger partial charge is 0.248 e. The van der Waals surface area contributed by atoms with Crippen LogP contribution in [-0.4, -0.2) is 40.7 Å². The van der Waals surface area contributed by atoms with Gasteiger partial charge in [0.25, 0.3) is 0 Å². The van der Waals surface area contributed by atoms with Crippen LogP contribution in [0.25, 0.3) is 11.1 Å². The summed E-state index contributed by atoms with van der Waals surface area (Å²) < 4.78 is 0. The van der Waals surface area contributed by atoms with Gasteiger partial charge in [0.05, 0.1) is 6.42 Å². The Morgan fingerprint density at radius 3 is 2.00 bits per heavy atom. The number of benzene rings is 3. The number of hydrogen-bond donors (Lipinski definition) is 0. The number of carbonyl (C=O) groups is 2.